The molecule has 0 spiro atoms. The predicted molar refractivity (Wildman–Crippen MR) is 90.2 cm³/mol. The van der Waals surface area contributed by atoms with Gasteiger partial charge in [-0.1, -0.05) is 0 Å². The minimum atomic E-state index is -4.39. The smallest absolute Gasteiger partial charge is 0.418 e. The molecule has 10 heteroatoms. The number of amides is 1. The van der Waals surface area contributed by atoms with Crippen LogP contribution in [0.15, 0.2) is 53.4 Å². The van der Waals surface area contributed by atoms with Crippen molar-refractivity contribution >= 4 is 27.1 Å². The van der Waals surface area contributed by atoms with Crippen molar-refractivity contribution in [2.75, 3.05) is 11.1 Å². The van der Waals surface area contributed by atoms with Crippen molar-refractivity contribution in [3.05, 3.63) is 58.6 Å². The molecular formula is C15H15N3O6S. The van der Waals surface area contributed by atoms with Crippen LogP contribution in [0, 0.1) is 10.1 Å². The van der Waals surface area contributed by atoms with Crippen LogP contribution >= 0.6 is 0 Å². The maximum absolute atomic E-state index is 12.4. The van der Waals surface area contributed by atoms with E-state index in [1.807, 2.05) is 0 Å². The Bertz CT molecular complexity index is 878. The number of benzene rings is 2. The molecule has 0 fully saturated rings. The van der Waals surface area contributed by atoms with Crippen molar-refractivity contribution in [1.82, 2.24) is 0 Å². The lowest BCUT2D eigenvalue weighted by molar-refractivity contribution is -0.534. The molecule has 1 amide bonds. The number of nitrogens with two attached hydrogens (primary N) is 1. The Balaban J connectivity index is 2.27. The molecule has 132 valence electrons. The van der Waals surface area contributed by atoms with Crippen molar-refractivity contribution in [2.24, 2.45) is 0 Å². The summed E-state index contributed by atoms with van der Waals surface area (Å²) in [6.07, 6.45) is 0. The summed E-state index contributed by atoms with van der Waals surface area (Å²) in [7, 11) is -4.39. The van der Waals surface area contributed by atoms with Gasteiger partial charge in [0, 0.05) is 18.3 Å². The Labute approximate surface area is 143 Å². The molecule has 2 rings (SSSR count). The number of rotatable bonds is 6. The molecule has 0 saturated heterocycles. The van der Waals surface area contributed by atoms with E-state index in [2.05, 4.69) is 5.32 Å². The van der Waals surface area contributed by atoms with Gasteiger partial charge >= 0.3 is 5.56 Å². The highest BCUT2D eigenvalue weighted by atomic mass is 32.2. The van der Waals surface area contributed by atoms with Crippen LogP contribution in [0.2, 0.25) is 0 Å². The van der Waals surface area contributed by atoms with E-state index in [4.69, 9.17) is 10.5 Å². The molecular weight excluding hydrogens is 350 g/mol. The van der Waals surface area contributed by atoms with Gasteiger partial charge in [-0.2, -0.15) is 0 Å². The molecule has 25 heavy (non-hydrogen) atoms. The summed E-state index contributed by atoms with van der Waals surface area (Å²) in [6.45, 7) is 1.33. The van der Waals surface area contributed by atoms with Crippen LogP contribution in [-0.4, -0.2) is 24.8 Å². The molecule has 1 atom stereocenters. The minimum Gasteiger partial charge on any atom is -0.418 e. The second-order valence-corrected chi connectivity index (χ2v) is 6.99. The Kier molecular flexibility index (Phi) is 5.22. The zero-order chi connectivity index (χ0) is 18.6. The third-order valence-electron chi connectivity index (χ3n) is 3.06. The number of nitrogens with zero attached hydrogens (tertiary/aromatic N) is 1. The number of ether oxygens (including phenoxy) is 1. The summed E-state index contributed by atoms with van der Waals surface area (Å²) in [5.41, 5.74) is 3.94. The first-order chi connectivity index (χ1) is 11.7. The van der Waals surface area contributed by atoms with Gasteiger partial charge in [-0.3, -0.25) is 14.9 Å². The highest BCUT2D eigenvalue weighted by Crippen LogP contribution is 2.23. The van der Waals surface area contributed by atoms with E-state index in [-0.39, 0.29) is 16.6 Å². The van der Waals surface area contributed by atoms with E-state index in [0.29, 0.717) is 11.4 Å². The van der Waals surface area contributed by atoms with Crippen molar-refractivity contribution < 1.29 is 22.9 Å². The lowest BCUT2D eigenvalue weighted by atomic mass is 10.3. The topological polar surface area (TPSA) is 142 Å². The number of nitrogens with one attached hydrogen (secondary N) is 1. The van der Waals surface area contributed by atoms with Crippen molar-refractivity contribution in [3.8, 4) is 5.75 Å². The normalized spacial score (nSPS) is 12.2. The number of anilines is 2. The van der Waals surface area contributed by atoms with Gasteiger partial charge in [-0.05, 0) is 48.5 Å². The number of sulfone groups is 1. The molecule has 3 N–H and O–H groups in total. The van der Waals surface area contributed by atoms with E-state index in [1.54, 1.807) is 0 Å². The largest absolute Gasteiger partial charge is 0.460 e. The van der Waals surface area contributed by atoms with Crippen molar-refractivity contribution in [2.45, 2.75) is 17.4 Å². The van der Waals surface area contributed by atoms with Gasteiger partial charge in [0.05, 0.1) is 9.82 Å². The molecule has 0 saturated carbocycles. The molecule has 0 aliphatic rings. The van der Waals surface area contributed by atoms with Crippen LogP contribution in [0.25, 0.3) is 0 Å². The number of nitro groups is 1. The van der Waals surface area contributed by atoms with Crippen molar-refractivity contribution in [3.63, 3.8) is 0 Å². The molecule has 0 radical (unpaired) electrons. The number of hydrogen-bond donors (Lipinski definition) is 2. The van der Waals surface area contributed by atoms with Crippen molar-refractivity contribution in [1.29, 1.82) is 0 Å². The summed E-state index contributed by atoms with van der Waals surface area (Å²) in [6, 6.07) is 10.5. The number of carbonyl (C=O) groups is 1. The van der Waals surface area contributed by atoms with Crippen LogP contribution in [0.5, 0.6) is 5.75 Å². The molecule has 0 aliphatic carbocycles. The standard InChI is InChI=1S/C15H15N3O6S/c1-10(19)17-12-4-6-13(7-5-12)24-15(18(20)21)25(22,23)14-8-2-11(16)3-9-14/h2-9,15H,16H2,1H3,(H,17,19). The minimum absolute atomic E-state index is 0.0326. The Morgan fingerprint density at radius 2 is 1.72 bits per heavy atom. The summed E-state index contributed by atoms with van der Waals surface area (Å²) in [5, 5.41) is 13.7. The van der Waals surface area contributed by atoms with E-state index >= 15 is 0 Å². The zero-order valence-corrected chi connectivity index (χ0v) is 13.9. The first-order valence-corrected chi connectivity index (χ1v) is 8.52. The Hall–Kier alpha value is -3.14. The monoisotopic (exact) mass is 365 g/mol. The quantitative estimate of drug-likeness (QED) is 0.343. The van der Waals surface area contributed by atoms with Crippen LogP contribution in [0.4, 0.5) is 11.4 Å². The van der Waals surface area contributed by atoms with E-state index in [0.717, 1.165) is 0 Å². The maximum atomic E-state index is 12.4. The molecule has 0 bridgehead atoms. The van der Waals surface area contributed by atoms with Crippen LogP contribution in [0.3, 0.4) is 0 Å². The van der Waals surface area contributed by atoms with E-state index in [9.17, 15) is 23.3 Å². The van der Waals surface area contributed by atoms with Gasteiger partial charge in [-0.15, -0.1) is 0 Å². The maximum Gasteiger partial charge on any atom is 0.460 e. The fourth-order valence-electron chi connectivity index (χ4n) is 1.93. The van der Waals surface area contributed by atoms with E-state index in [1.165, 1.54) is 55.5 Å². The second-order valence-electron chi connectivity index (χ2n) is 5.03. The molecule has 2 aromatic rings. The summed E-state index contributed by atoms with van der Waals surface area (Å²) >= 11 is 0. The van der Waals surface area contributed by atoms with Gasteiger partial charge in [0.2, 0.25) is 5.91 Å². The average Bonchev–Trinajstić information content (AvgIpc) is 2.53. The van der Waals surface area contributed by atoms with Gasteiger partial charge in [0.15, 0.2) is 0 Å². The average molecular weight is 365 g/mol. The third kappa shape index (κ3) is 4.44. The third-order valence-corrected chi connectivity index (χ3v) is 4.79. The number of hydrogen-bond acceptors (Lipinski definition) is 7. The molecule has 0 heterocycles. The lowest BCUT2D eigenvalue weighted by Gasteiger charge is -2.13. The molecule has 1 unspecified atom stereocenters. The number of nitrogen functional groups attached to an aromatic ring is 1. The summed E-state index contributed by atoms with van der Waals surface area (Å²) in [4.78, 5) is 20.9. The molecule has 9 nitrogen and oxygen atoms in total. The highest BCUT2D eigenvalue weighted by Gasteiger charge is 2.40. The fraction of sp³-hybridized carbons (Fsp3) is 0.133. The predicted octanol–water partition coefficient (Wildman–Crippen LogP) is 1.64. The first-order valence-electron chi connectivity index (χ1n) is 6.97. The van der Waals surface area contributed by atoms with Gasteiger partial charge in [0.25, 0.3) is 9.84 Å². The fourth-order valence-corrected chi connectivity index (χ4v) is 3.14. The molecule has 0 aromatic heterocycles. The Morgan fingerprint density at radius 3 is 2.20 bits per heavy atom. The first kappa shape index (κ1) is 18.2. The van der Waals surface area contributed by atoms with Crippen LogP contribution < -0.4 is 15.8 Å². The van der Waals surface area contributed by atoms with Crippen LogP contribution in [0.1, 0.15) is 6.92 Å². The van der Waals surface area contributed by atoms with Gasteiger partial charge < -0.3 is 15.8 Å². The summed E-state index contributed by atoms with van der Waals surface area (Å²) in [5.74, 6) is -0.322. The van der Waals surface area contributed by atoms with Gasteiger partial charge in [-0.25, -0.2) is 8.42 Å². The summed E-state index contributed by atoms with van der Waals surface area (Å²) < 4.78 is 29.9. The zero-order valence-electron chi connectivity index (χ0n) is 13.1. The molecule has 2 aromatic carbocycles. The Morgan fingerprint density at radius 1 is 1.16 bits per heavy atom. The van der Waals surface area contributed by atoms with E-state index < -0.39 is 20.3 Å². The second kappa shape index (κ2) is 7.18. The lowest BCUT2D eigenvalue weighted by Crippen LogP contribution is -2.35. The van der Waals surface area contributed by atoms with Gasteiger partial charge in [0.1, 0.15) is 5.75 Å². The SMILES string of the molecule is CC(=O)Nc1ccc(OC([N+](=O)[O-])S(=O)(=O)c2ccc(N)cc2)cc1. The van der Waals surface area contributed by atoms with Crippen LogP contribution in [-0.2, 0) is 14.6 Å². The molecule has 0 aliphatic heterocycles. The number of carbonyl (C=O) groups excluding carboxylic acids is 1. The highest BCUT2D eigenvalue weighted by molar-refractivity contribution is 7.91.